The standard InChI is InChI=1S/C22H21ClFN5O3/c23-15-8-4-13(5-9-15)17-12-18(14-6-10-16(24)11-7-14)29-22(25-17)27-21(28-29)26-19(30)2-1-3-20(31)32/h4-11,17-18H,1-3,12H2,(H,31,32)(H2,25,26,27,28,30)/p-1/t17-,18+/m0/s1. The largest absolute Gasteiger partial charge is 0.550 e. The molecule has 2 atom stereocenters. The predicted octanol–water partition coefficient (Wildman–Crippen LogP) is 3.08. The molecule has 1 aliphatic rings. The third-order valence-corrected chi connectivity index (χ3v) is 5.50. The van der Waals surface area contributed by atoms with Gasteiger partial charge >= 0.3 is 0 Å². The lowest BCUT2D eigenvalue weighted by Crippen LogP contribution is -2.28. The van der Waals surface area contributed by atoms with Gasteiger partial charge in [0.2, 0.25) is 11.9 Å². The highest BCUT2D eigenvalue weighted by Gasteiger charge is 2.31. The van der Waals surface area contributed by atoms with E-state index in [9.17, 15) is 19.1 Å². The number of carboxylic acids is 1. The zero-order valence-electron chi connectivity index (χ0n) is 16.9. The summed E-state index contributed by atoms with van der Waals surface area (Å²) in [4.78, 5) is 27.0. The topological polar surface area (TPSA) is 112 Å². The number of carbonyl (C=O) groups excluding carboxylic acids is 2. The van der Waals surface area contributed by atoms with Gasteiger partial charge < -0.3 is 15.2 Å². The Morgan fingerprint density at radius 1 is 1.12 bits per heavy atom. The average Bonchev–Trinajstić information content (AvgIpc) is 3.16. The maximum Gasteiger partial charge on any atom is 0.250 e. The van der Waals surface area contributed by atoms with Crippen LogP contribution in [0.1, 0.15) is 48.9 Å². The molecule has 0 saturated heterocycles. The molecule has 0 aliphatic carbocycles. The molecule has 0 fully saturated rings. The molecule has 1 amide bonds. The SMILES string of the molecule is O=C([O-])CCCC(=O)Nc1nc2n(n1)[C@@H](c1ccc(F)cc1)C[C@@H](c1ccc(Cl)cc1)N2. The fraction of sp³-hybridized carbons (Fsp3) is 0.273. The number of hydrogen-bond acceptors (Lipinski definition) is 6. The van der Waals surface area contributed by atoms with Gasteiger partial charge in [0.1, 0.15) is 5.82 Å². The van der Waals surface area contributed by atoms with Crippen molar-refractivity contribution < 1.29 is 19.1 Å². The van der Waals surface area contributed by atoms with E-state index in [4.69, 9.17) is 11.6 Å². The molecule has 3 aromatic rings. The van der Waals surface area contributed by atoms with Gasteiger partial charge in [0, 0.05) is 17.4 Å². The number of rotatable bonds is 7. The Labute approximate surface area is 188 Å². The van der Waals surface area contributed by atoms with Crippen molar-refractivity contribution in [2.24, 2.45) is 0 Å². The van der Waals surface area contributed by atoms with E-state index in [1.807, 2.05) is 24.3 Å². The average molecular weight is 457 g/mol. The Morgan fingerprint density at radius 2 is 1.81 bits per heavy atom. The number of benzene rings is 2. The van der Waals surface area contributed by atoms with Gasteiger partial charge in [-0.15, -0.1) is 5.10 Å². The maximum atomic E-state index is 13.5. The van der Waals surface area contributed by atoms with E-state index in [0.29, 0.717) is 17.4 Å². The highest BCUT2D eigenvalue weighted by molar-refractivity contribution is 6.30. The second-order valence-electron chi connectivity index (χ2n) is 7.53. The zero-order chi connectivity index (χ0) is 22.7. The van der Waals surface area contributed by atoms with E-state index in [1.165, 1.54) is 12.1 Å². The van der Waals surface area contributed by atoms with Crippen molar-refractivity contribution in [3.8, 4) is 0 Å². The van der Waals surface area contributed by atoms with Gasteiger partial charge in [0.25, 0.3) is 5.95 Å². The molecule has 2 aromatic carbocycles. The van der Waals surface area contributed by atoms with Crippen molar-refractivity contribution in [3.05, 3.63) is 70.5 Å². The smallest absolute Gasteiger partial charge is 0.250 e. The second kappa shape index (κ2) is 9.35. The summed E-state index contributed by atoms with van der Waals surface area (Å²) in [7, 11) is 0. The number of nitrogens with zero attached hydrogens (tertiary/aromatic N) is 3. The van der Waals surface area contributed by atoms with Gasteiger partial charge in [-0.1, -0.05) is 35.9 Å². The van der Waals surface area contributed by atoms with Crippen LogP contribution in [0.4, 0.5) is 16.3 Å². The molecule has 4 rings (SSSR count). The second-order valence-corrected chi connectivity index (χ2v) is 7.97. The lowest BCUT2D eigenvalue weighted by molar-refractivity contribution is -0.305. The lowest BCUT2D eigenvalue weighted by atomic mass is 9.93. The monoisotopic (exact) mass is 456 g/mol. The van der Waals surface area contributed by atoms with Crippen molar-refractivity contribution in [2.75, 3.05) is 10.6 Å². The summed E-state index contributed by atoms with van der Waals surface area (Å²) in [5.74, 6) is -1.36. The Balaban J connectivity index is 1.59. The Kier molecular flexibility index (Phi) is 6.36. The first kappa shape index (κ1) is 21.8. The molecule has 0 unspecified atom stereocenters. The van der Waals surface area contributed by atoms with Gasteiger partial charge in [-0.2, -0.15) is 4.98 Å². The Morgan fingerprint density at radius 3 is 2.50 bits per heavy atom. The quantitative estimate of drug-likeness (QED) is 0.565. The Hall–Kier alpha value is -3.46. The zero-order valence-corrected chi connectivity index (χ0v) is 17.7. The minimum absolute atomic E-state index is 0.0140. The third kappa shape index (κ3) is 5.05. The lowest BCUT2D eigenvalue weighted by Gasteiger charge is -2.31. The van der Waals surface area contributed by atoms with E-state index < -0.39 is 5.97 Å². The molecule has 0 bridgehead atoms. The fourth-order valence-corrected chi connectivity index (χ4v) is 3.81. The van der Waals surface area contributed by atoms with E-state index in [1.54, 1.807) is 16.8 Å². The van der Waals surface area contributed by atoms with Crippen molar-refractivity contribution in [3.63, 3.8) is 0 Å². The van der Waals surface area contributed by atoms with Gasteiger partial charge in [-0.3, -0.25) is 10.1 Å². The number of fused-ring (bicyclic) bond motifs is 1. The highest BCUT2D eigenvalue weighted by atomic mass is 35.5. The summed E-state index contributed by atoms with van der Waals surface area (Å²) in [6.45, 7) is 0. The number of aromatic nitrogens is 3. The molecule has 1 aromatic heterocycles. The predicted molar refractivity (Wildman–Crippen MR) is 114 cm³/mol. The van der Waals surface area contributed by atoms with Crippen molar-refractivity contribution in [2.45, 2.75) is 37.8 Å². The molecule has 0 spiro atoms. The number of aliphatic carboxylic acids is 1. The molecule has 2 N–H and O–H groups in total. The van der Waals surface area contributed by atoms with Gasteiger partial charge in [0.15, 0.2) is 0 Å². The first-order valence-electron chi connectivity index (χ1n) is 10.1. The minimum Gasteiger partial charge on any atom is -0.550 e. The van der Waals surface area contributed by atoms with Crippen LogP contribution in [0, 0.1) is 5.82 Å². The summed E-state index contributed by atoms with van der Waals surface area (Å²) in [6, 6.07) is 13.3. The summed E-state index contributed by atoms with van der Waals surface area (Å²) in [5, 5.41) is 21.5. The molecule has 2 heterocycles. The summed E-state index contributed by atoms with van der Waals surface area (Å²) < 4.78 is 15.1. The number of hydrogen-bond donors (Lipinski definition) is 2. The maximum absolute atomic E-state index is 13.5. The van der Waals surface area contributed by atoms with Gasteiger partial charge in [-0.25, -0.2) is 9.07 Å². The molecule has 32 heavy (non-hydrogen) atoms. The van der Waals surface area contributed by atoms with Gasteiger partial charge in [0.05, 0.1) is 12.1 Å². The third-order valence-electron chi connectivity index (χ3n) is 5.25. The molecule has 0 saturated carbocycles. The molecule has 0 radical (unpaired) electrons. The van der Waals surface area contributed by atoms with Crippen LogP contribution in [0.3, 0.4) is 0 Å². The number of carboxylic acid groups (broad SMARTS) is 1. The van der Waals surface area contributed by atoms with Crippen LogP contribution in [0.15, 0.2) is 48.5 Å². The first-order valence-corrected chi connectivity index (χ1v) is 10.5. The van der Waals surface area contributed by atoms with Crippen molar-refractivity contribution >= 4 is 35.4 Å². The summed E-state index contributed by atoms with van der Waals surface area (Å²) in [5.41, 5.74) is 1.86. The normalized spacial score (nSPS) is 17.3. The van der Waals surface area contributed by atoms with E-state index in [2.05, 4.69) is 20.7 Å². The van der Waals surface area contributed by atoms with E-state index in [-0.39, 0.29) is 49.0 Å². The van der Waals surface area contributed by atoms with Crippen molar-refractivity contribution in [1.82, 2.24) is 14.8 Å². The van der Waals surface area contributed by atoms with E-state index >= 15 is 0 Å². The van der Waals surface area contributed by atoms with Crippen LogP contribution in [-0.4, -0.2) is 26.6 Å². The van der Waals surface area contributed by atoms with Crippen LogP contribution in [0.2, 0.25) is 5.02 Å². The fourth-order valence-electron chi connectivity index (χ4n) is 3.69. The number of amides is 1. The van der Waals surface area contributed by atoms with Crippen LogP contribution >= 0.6 is 11.6 Å². The number of halogens is 2. The van der Waals surface area contributed by atoms with Gasteiger partial charge in [-0.05, 0) is 54.7 Å². The molecular weight excluding hydrogens is 437 g/mol. The van der Waals surface area contributed by atoms with Crippen molar-refractivity contribution in [1.29, 1.82) is 0 Å². The van der Waals surface area contributed by atoms with Crippen LogP contribution in [-0.2, 0) is 9.59 Å². The van der Waals surface area contributed by atoms with E-state index in [0.717, 1.165) is 11.1 Å². The number of nitrogens with one attached hydrogen (secondary N) is 2. The van der Waals surface area contributed by atoms with Crippen LogP contribution in [0.5, 0.6) is 0 Å². The minimum atomic E-state index is -1.20. The Bertz CT molecular complexity index is 1120. The summed E-state index contributed by atoms with van der Waals surface area (Å²) in [6.07, 6.45) is 0.594. The first-order chi connectivity index (χ1) is 15.4. The molecule has 1 aliphatic heterocycles. The summed E-state index contributed by atoms with van der Waals surface area (Å²) >= 11 is 6.02. The highest BCUT2D eigenvalue weighted by Crippen LogP contribution is 2.38. The number of anilines is 2. The molecular formula is C22H20ClFN5O3-. The molecule has 8 nitrogen and oxygen atoms in total. The molecule has 10 heteroatoms. The number of carbonyl (C=O) groups is 2. The molecule has 166 valence electrons. The van der Waals surface area contributed by atoms with Crippen LogP contribution < -0.4 is 15.7 Å². The van der Waals surface area contributed by atoms with Crippen LogP contribution in [0.25, 0.3) is 0 Å².